The van der Waals surface area contributed by atoms with Crippen molar-refractivity contribution in [3.63, 3.8) is 0 Å². The Kier molecular flexibility index (Phi) is 5.90. The maximum absolute atomic E-state index is 12.1. The van der Waals surface area contributed by atoms with Gasteiger partial charge < -0.3 is 10.6 Å². The highest BCUT2D eigenvalue weighted by atomic mass is 35.5. The van der Waals surface area contributed by atoms with Crippen molar-refractivity contribution in [3.05, 3.63) is 28.8 Å². The van der Waals surface area contributed by atoms with E-state index in [4.69, 9.17) is 11.6 Å². The Hall–Kier alpha value is -1.73. The van der Waals surface area contributed by atoms with Crippen molar-refractivity contribution in [3.8, 4) is 0 Å². The minimum atomic E-state index is -0.550. The molecule has 1 saturated heterocycles. The number of aryl methyl sites for hydroxylation is 1. The third-order valence-electron chi connectivity index (χ3n) is 3.42. The molecule has 1 heterocycles. The number of amides is 4. The number of nitrogens with one attached hydrogen (secondary N) is 2. The van der Waals surface area contributed by atoms with E-state index in [0.29, 0.717) is 17.1 Å². The van der Waals surface area contributed by atoms with Crippen molar-refractivity contribution < 1.29 is 14.4 Å². The zero-order valence-electron chi connectivity index (χ0n) is 12.9. The number of benzene rings is 1. The van der Waals surface area contributed by atoms with Crippen LogP contribution < -0.4 is 10.6 Å². The zero-order valence-corrected chi connectivity index (χ0v) is 14.5. The molecule has 1 aromatic carbocycles. The molecule has 6 nitrogen and oxygen atoms in total. The molecule has 0 bridgehead atoms. The van der Waals surface area contributed by atoms with Crippen LogP contribution >= 0.6 is 23.4 Å². The Bertz CT molecular complexity index is 638. The van der Waals surface area contributed by atoms with Crippen LogP contribution in [0.3, 0.4) is 0 Å². The first-order chi connectivity index (χ1) is 10.9. The fourth-order valence-electron chi connectivity index (χ4n) is 2.21. The van der Waals surface area contributed by atoms with Gasteiger partial charge in [-0.25, -0.2) is 4.79 Å². The summed E-state index contributed by atoms with van der Waals surface area (Å²) in [5.41, 5.74) is 1.42. The van der Waals surface area contributed by atoms with Gasteiger partial charge in [-0.3, -0.25) is 14.5 Å². The van der Waals surface area contributed by atoms with Crippen molar-refractivity contribution in [2.24, 2.45) is 0 Å². The normalized spacial score (nSPS) is 17.3. The first-order valence-electron chi connectivity index (χ1n) is 7.09. The van der Waals surface area contributed by atoms with Gasteiger partial charge >= 0.3 is 6.03 Å². The highest BCUT2D eigenvalue weighted by Crippen LogP contribution is 2.22. The van der Waals surface area contributed by atoms with E-state index >= 15 is 0 Å². The summed E-state index contributed by atoms with van der Waals surface area (Å²) >= 11 is 7.65. The molecule has 0 unspecified atom stereocenters. The average molecular weight is 356 g/mol. The number of thioether (sulfide) groups is 1. The van der Waals surface area contributed by atoms with E-state index in [9.17, 15) is 14.4 Å². The van der Waals surface area contributed by atoms with Gasteiger partial charge in [-0.1, -0.05) is 17.7 Å². The highest BCUT2D eigenvalue weighted by molar-refractivity contribution is 7.98. The second kappa shape index (κ2) is 7.70. The van der Waals surface area contributed by atoms with Crippen molar-refractivity contribution in [2.45, 2.75) is 19.4 Å². The number of hydrogen-bond donors (Lipinski definition) is 2. The van der Waals surface area contributed by atoms with Crippen LogP contribution in [0.25, 0.3) is 0 Å². The van der Waals surface area contributed by atoms with E-state index < -0.39 is 18.0 Å². The van der Waals surface area contributed by atoms with Crippen molar-refractivity contribution in [1.82, 2.24) is 10.2 Å². The SMILES string of the molecule is CSCC[C@@H]1NC(=O)N(CC(=O)Nc2ccc(C)cc2Cl)C1=O. The van der Waals surface area contributed by atoms with Crippen molar-refractivity contribution in [2.75, 3.05) is 23.9 Å². The molecule has 1 aliphatic heterocycles. The number of carbonyl (C=O) groups is 3. The zero-order chi connectivity index (χ0) is 17.0. The molecular formula is C15H18ClN3O3S. The molecule has 2 N–H and O–H groups in total. The Labute approximate surface area is 143 Å². The second-order valence-electron chi connectivity index (χ2n) is 5.24. The van der Waals surface area contributed by atoms with E-state index in [1.807, 2.05) is 19.2 Å². The van der Waals surface area contributed by atoms with E-state index in [-0.39, 0.29) is 12.5 Å². The molecule has 2 rings (SSSR count). The van der Waals surface area contributed by atoms with Crippen LogP contribution in [-0.4, -0.2) is 47.3 Å². The smallest absolute Gasteiger partial charge is 0.325 e. The molecule has 0 aromatic heterocycles. The van der Waals surface area contributed by atoms with Gasteiger partial charge in [-0.05, 0) is 43.0 Å². The minimum Gasteiger partial charge on any atom is -0.326 e. The van der Waals surface area contributed by atoms with Crippen LogP contribution in [0.15, 0.2) is 18.2 Å². The number of halogens is 1. The summed E-state index contributed by atoms with van der Waals surface area (Å²) in [6.07, 6.45) is 2.48. The van der Waals surface area contributed by atoms with E-state index in [1.165, 1.54) is 0 Å². The highest BCUT2D eigenvalue weighted by Gasteiger charge is 2.38. The lowest BCUT2D eigenvalue weighted by Gasteiger charge is -2.13. The van der Waals surface area contributed by atoms with Gasteiger partial charge in [0.15, 0.2) is 0 Å². The van der Waals surface area contributed by atoms with Gasteiger partial charge in [0.05, 0.1) is 10.7 Å². The second-order valence-corrected chi connectivity index (χ2v) is 6.63. The summed E-state index contributed by atoms with van der Waals surface area (Å²) in [5.74, 6) is -0.0747. The molecular weight excluding hydrogens is 338 g/mol. The van der Waals surface area contributed by atoms with E-state index in [0.717, 1.165) is 16.2 Å². The molecule has 124 valence electrons. The maximum atomic E-state index is 12.1. The number of rotatable bonds is 6. The Balaban J connectivity index is 1.97. The van der Waals surface area contributed by atoms with Crippen LogP contribution in [-0.2, 0) is 9.59 Å². The van der Waals surface area contributed by atoms with Crippen LogP contribution in [0.2, 0.25) is 5.02 Å². The molecule has 0 saturated carbocycles. The third-order valence-corrected chi connectivity index (χ3v) is 4.37. The summed E-state index contributed by atoms with van der Waals surface area (Å²) in [5, 5.41) is 5.62. The fourth-order valence-corrected chi connectivity index (χ4v) is 2.97. The number of imide groups is 1. The molecule has 4 amide bonds. The number of hydrogen-bond acceptors (Lipinski definition) is 4. The molecule has 1 fully saturated rings. The van der Waals surface area contributed by atoms with Crippen molar-refractivity contribution >= 4 is 46.9 Å². The third kappa shape index (κ3) is 4.39. The fraction of sp³-hybridized carbons (Fsp3) is 0.400. The summed E-state index contributed by atoms with van der Waals surface area (Å²) in [4.78, 5) is 37.0. The first kappa shape index (κ1) is 17.6. The first-order valence-corrected chi connectivity index (χ1v) is 8.86. The number of nitrogens with zero attached hydrogens (tertiary/aromatic N) is 1. The lowest BCUT2D eigenvalue weighted by atomic mass is 10.2. The van der Waals surface area contributed by atoms with Crippen LogP contribution in [0.4, 0.5) is 10.5 Å². The van der Waals surface area contributed by atoms with Crippen LogP contribution in [0, 0.1) is 6.92 Å². The molecule has 1 atom stereocenters. The molecule has 1 aromatic rings. The standard InChI is InChI=1S/C15H18ClN3O3S/c1-9-3-4-11(10(16)7-9)17-13(20)8-19-14(21)12(5-6-23-2)18-15(19)22/h3-4,7,12H,5-6,8H2,1-2H3,(H,17,20)(H,18,22)/t12-/m0/s1. The summed E-state index contributed by atoms with van der Waals surface area (Å²) in [6.45, 7) is 1.56. The van der Waals surface area contributed by atoms with Gasteiger partial charge in [0.25, 0.3) is 5.91 Å². The summed E-state index contributed by atoms with van der Waals surface area (Å²) < 4.78 is 0. The summed E-state index contributed by atoms with van der Waals surface area (Å²) in [7, 11) is 0. The van der Waals surface area contributed by atoms with E-state index in [1.54, 1.807) is 23.9 Å². The lowest BCUT2D eigenvalue weighted by Crippen LogP contribution is -2.38. The van der Waals surface area contributed by atoms with Gasteiger partial charge in [0.2, 0.25) is 5.91 Å². The van der Waals surface area contributed by atoms with Crippen molar-refractivity contribution in [1.29, 1.82) is 0 Å². The molecule has 1 aliphatic rings. The van der Waals surface area contributed by atoms with Gasteiger partial charge in [-0.2, -0.15) is 11.8 Å². The summed E-state index contributed by atoms with van der Waals surface area (Å²) in [6, 6.07) is 4.14. The Morgan fingerprint density at radius 2 is 2.17 bits per heavy atom. The average Bonchev–Trinajstić information content (AvgIpc) is 2.75. The predicted octanol–water partition coefficient (Wildman–Crippen LogP) is 2.26. The predicted molar refractivity (Wildman–Crippen MR) is 91.9 cm³/mol. The minimum absolute atomic E-state index is 0.329. The topological polar surface area (TPSA) is 78.5 Å². The largest absolute Gasteiger partial charge is 0.326 e. The Morgan fingerprint density at radius 3 is 2.83 bits per heavy atom. The molecule has 0 aliphatic carbocycles. The van der Waals surface area contributed by atoms with Gasteiger partial charge in [-0.15, -0.1) is 0 Å². The maximum Gasteiger partial charge on any atom is 0.325 e. The molecule has 23 heavy (non-hydrogen) atoms. The number of carbonyl (C=O) groups excluding carboxylic acids is 3. The van der Waals surface area contributed by atoms with Gasteiger partial charge in [0, 0.05) is 0 Å². The number of urea groups is 1. The monoisotopic (exact) mass is 355 g/mol. The van der Waals surface area contributed by atoms with E-state index in [2.05, 4.69) is 10.6 Å². The quantitative estimate of drug-likeness (QED) is 0.767. The Morgan fingerprint density at radius 1 is 1.43 bits per heavy atom. The molecule has 0 spiro atoms. The van der Waals surface area contributed by atoms with Crippen LogP contribution in [0.5, 0.6) is 0 Å². The number of anilines is 1. The van der Waals surface area contributed by atoms with Crippen LogP contribution in [0.1, 0.15) is 12.0 Å². The molecule has 8 heteroatoms. The molecule has 0 radical (unpaired) electrons. The lowest BCUT2D eigenvalue weighted by molar-refractivity contribution is -0.130. The van der Waals surface area contributed by atoms with Gasteiger partial charge in [0.1, 0.15) is 12.6 Å².